The van der Waals surface area contributed by atoms with Gasteiger partial charge in [-0.2, -0.15) is 4.98 Å². The average Bonchev–Trinajstić information content (AvgIpc) is 2.28. The molecular formula is C11H9Cl2N3O. The number of nitrogen functional groups attached to an aromatic ring is 1. The van der Waals surface area contributed by atoms with Gasteiger partial charge in [0.1, 0.15) is 11.6 Å². The molecule has 17 heavy (non-hydrogen) atoms. The van der Waals surface area contributed by atoms with E-state index in [1.165, 1.54) is 0 Å². The number of hydrazine groups is 1. The number of benzene rings is 1. The number of pyridine rings is 1. The maximum atomic E-state index is 5.86. The predicted octanol–water partition coefficient (Wildman–Crippen LogP) is 3.47. The molecular weight excluding hydrogens is 261 g/mol. The molecule has 0 saturated carbocycles. The molecule has 4 nitrogen and oxygen atoms in total. The Labute approximate surface area is 108 Å². The summed E-state index contributed by atoms with van der Waals surface area (Å²) in [6.07, 6.45) is 0. The molecule has 1 aromatic carbocycles. The van der Waals surface area contributed by atoms with Crippen molar-refractivity contribution in [3.8, 4) is 11.6 Å². The number of aromatic nitrogens is 1. The van der Waals surface area contributed by atoms with Gasteiger partial charge in [0.2, 0.25) is 5.88 Å². The molecule has 0 aliphatic carbocycles. The fourth-order valence-electron chi connectivity index (χ4n) is 1.26. The summed E-state index contributed by atoms with van der Waals surface area (Å²) in [4.78, 5) is 4.10. The largest absolute Gasteiger partial charge is 0.439 e. The highest BCUT2D eigenvalue weighted by atomic mass is 35.5. The Morgan fingerprint density at radius 1 is 1.12 bits per heavy atom. The van der Waals surface area contributed by atoms with E-state index < -0.39 is 0 Å². The van der Waals surface area contributed by atoms with E-state index in [9.17, 15) is 0 Å². The van der Waals surface area contributed by atoms with Gasteiger partial charge in [0, 0.05) is 16.1 Å². The van der Waals surface area contributed by atoms with Crippen molar-refractivity contribution in [2.75, 3.05) is 5.43 Å². The number of nitrogens with one attached hydrogen (secondary N) is 1. The fourth-order valence-corrected chi connectivity index (χ4v) is 1.77. The molecule has 0 aliphatic rings. The van der Waals surface area contributed by atoms with Crippen LogP contribution < -0.4 is 16.0 Å². The number of hydrogen-bond acceptors (Lipinski definition) is 4. The van der Waals surface area contributed by atoms with Crippen molar-refractivity contribution >= 4 is 29.0 Å². The highest BCUT2D eigenvalue weighted by Gasteiger charge is 2.02. The second-order valence-corrected chi connectivity index (χ2v) is 4.09. The summed E-state index contributed by atoms with van der Waals surface area (Å²) in [5.74, 6) is 6.68. The number of rotatable bonds is 3. The van der Waals surface area contributed by atoms with E-state index in [0.717, 1.165) is 0 Å². The molecule has 0 unspecified atom stereocenters. The Morgan fingerprint density at radius 3 is 2.47 bits per heavy atom. The topological polar surface area (TPSA) is 60.2 Å². The zero-order valence-electron chi connectivity index (χ0n) is 8.65. The lowest BCUT2D eigenvalue weighted by molar-refractivity contribution is 0.464. The van der Waals surface area contributed by atoms with Crippen molar-refractivity contribution in [3.05, 3.63) is 46.4 Å². The number of anilines is 1. The molecule has 0 aliphatic heterocycles. The van der Waals surface area contributed by atoms with Crippen molar-refractivity contribution < 1.29 is 4.74 Å². The van der Waals surface area contributed by atoms with Gasteiger partial charge < -0.3 is 10.2 Å². The molecule has 0 atom stereocenters. The summed E-state index contributed by atoms with van der Waals surface area (Å²) < 4.78 is 5.51. The van der Waals surface area contributed by atoms with E-state index in [1.54, 1.807) is 36.4 Å². The molecule has 1 heterocycles. The average molecular weight is 270 g/mol. The van der Waals surface area contributed by atoms with E-state index in [2.05, 4.69) is 10.4 Å². The van der Waals surface area contributed by atoms with E-state index in [-0.39, 0.29) is 0 Å². The van der Waals surface area contributed by atoms with Crippen LogP contribution in [0.25, 0.3) is 0 Å². The molecule has 3 N–H and O–H groups in total. The third-order valence-corrected chi connectivity index (χ3v) is 2.37. The molecule has 6 heteroatoms. The second-order valence-electron chi connectivity index (χ2n) is 3.21. The van der Waals surface area contributed by atoms with Crippen LogP contribution in [0.2, 0.25) is 10.0 Å². The van der Waals surface area contributed by atoms with Gasteiger partial charge in [0.05, 0.1) is 0 Å². The van der Waals surface area contributed by atoms with Crippen LogP contribution in [0.4, 0.5) is 5.82 Å². The molecule has 88 valence electrons. The monoisotopic (exact) mass is 269 g/mol. The van der Waals surface area contributed by atoms with E-state index in [0.29, 0.717) is 27.5 Å². The zero-order valence-corrected chi connectivity index (χ0v) is 10.2. The van der Waals surface area contributed by atoms with Crippen molar-refractivity contribution in [1.29, 1.82) is 0 Å². The van der Waals surface area contributed by atoms with E-state index >= 15 is 0 Å². The van der Waals surface area contributed by atoms with Crippen LogP contribution in [0.5, 0.6) is 11.6 Å². The fraction of sp³-hybridized carbons (Fsp3) is 0. The predicted molar refractivity (Wildman–Crippen MR) is 68.6 cm³/mol. The lowest BCUT2D eigenvalue weighted by Crippen LogP contribution is -2.08. The smallest absolute Gasteiger partial charge is 0.221 e. The number of hydrogen-bond donors (Lipinski definition) is 2. The minimum absolute atomic E-state index is 0.402. The first-order chi connectivity index (χ1) is 8.17. The van der Waals surface area contributed by atoms with E-state index in [4.69, 9.17) is 33.8 Å². The van der Waals surface area contributed by atoms with E-state index in [1.807, 2.05) is 0 Å². The van der Waals surface area contributed by atoms with Crippen molar-refractivity contribution in [3.63, 3.8) is 0 Å². The maximum absolute atomic E-state index is 5.86. The standard InChI is InChI=1S/C11H9Cl2N3O/c12-7-4-8(13)6-9(5-7)17-11-3-1-2-10(15-11)16-14/h1-6H,14H2,(H,15,16). The van der Waals surface area contributed by atoms with Crippen LogP contribution in [0, 0.1) is 0 Å². The summed E-state index contributed by atoms with van der Waals surface area (Å²) >= 11 is 11.7. The van der Waals surface area contributed by atoms with Crippen LogP contribution in [-0.2, 0) is 0 Å². The lowest BCUT2D eigenvalue weighted by atomic mass is 10.3. The van der Waals surface area contributed by atoms with Gasteiger partial charge in [-0.15, -0.1) is 0 Å². The number of nitrogens with two attached hydrogens (primary N) is 1. The Bertz CT molecular complexity index is 514. The summed E-state index contributed by atoms with van der Waals surface area (Å²) in [5, 5.41) is 1.00. The minimum Gasteiger partial charge on any atom is -0.439 e. The van der Waals surface area contributed by atoms with Crippen LogP contribution in [0.1, 0.15) is 0 Å². The molecule has 1 aromatic heterocycles. The van der Waals surface area contributed by atoms with Gasteiger partial charge >= 0.3 is 0 Å². The minimum atomic E-state index is 0.402. The first-order valence-electron chi connectivity index (χ1n) is 4.75. The molecule has 0 saturated heterocycles. The van der Waals surface area contributed by atoms with Crippen molar-refractivity contribution in [1.82, 2.24) is 4.98 Å². The summed E-state index contributed by atoms with van der Waals surface area (Å²) in [5.41, 5.74) is 2.43. The Morgan fingerprint density at radius 2 is 1.82 bits per heavy atom. The molecule has 0 radical (unpaired) electrons. The Balaban J connectivity index is 2.24. The van der Waals surface area contributed by atoms with Gasteiger partial charge in [-0.3, -0.25) is 0 Å². The molecule has 2 aromatic rings. The summed E-state index contributed by atoms with van der Waals surface area (Å²) in [6.45, 7) is 0. The van der Waals surface area contributed by atoms with Crippen LogP contribution in [-0.4, -0.2) is 4.98 Å². The molecule has 2 rings (SSSR count). The van der Waals surface area contributed by atoms with Gasteiger partial charge in [0.15, 0.2) is 0 Å². The van der Waals surface area contributed by atoms with Gasteiger partial charge in [-0.1, -0.05) is 29.3 Å². The molecule has 0 spiro atoms. The van der Waals surface area contributed by atoms with Crippen LogP contribution in [0.15, 0.2) is 36.4 Å². The molecule has 0 bridgehead atoms. The van der Waals surface area contributed by atoms with Crippen LogP contribution in [0.3, 0.4) is 0 Å². The number of nitrogens with zero attached hydrogens (tertiary/aromatic N) is 1. The third-order valence-electron chi connectivity index (χ3n) is 1.93. The summed E-state index contributed by atoms with van der Waals surface area (Å²) in [7, 11) is 0. The summed E-state index contributed by atoms with van der Waals surface area (Å²) in [6, 6.07) is 10.1. The van der Waals surface area contributed by atoms with Gasteiger partial charge in [-0.05, 0) is 24.3 Å². The first kappa shape index (κ1) is 12.0. The molecule has 0 fully saturated rings. The zero-order chi connectivity index (χ0) is 12.3. The van der Waals surface area contributed by atoms with Gasteiger partial charge in [0.25, 0.3) is 0 Å². The maximum Gasteiger partial charge on any atom is 0.221 e. The Hall–Kier alpha value is -1.49. The third kappa shape index (κ3) is 3.23. The van der Waals surface area contributed by atoms with Crippen LogP contribution >= 0.6 is 23.2 Å². The lowest BCUT2D eigenvalue weighted by Gasteiger charge is -2.07. The highest BCUT2D eigenvalue weighted by molar-refractivity contribution is 6.34. The second kappa shape index (κ2) is 5.23. The van der Waals surface area contributed by atoms with Gasteiger partial charge in [-0.25, -0.2) is 5.84 Å². The number of halogens is 2. The van der Waals surface area contributed by atoms with Crippen molar-refractivity contribution in [2.24, 2.45) is 5.84 Å². The normalized spacial score (nSPS) is 10.1. The first-order valence-corrected chi connectivity index (χ1v) is 5.50. The molecule has 0 amide bonds. The van der Waals surface area contributed by atoms with Crippen molar-refractivity contribution in [2.45, 2.75) is 0 Å². The quantitative estimate of drug-likeness (QED) is 0.662. The number of ether oxygens (including phenoxy) is 1. The highest BCUT2D eigenvalue weighted by Crippen LogP contribution is 2.27. The SMILES string of the molecule is NNc1cccc(Oc2cc(Cl)cc(Cl)c2)n1. The Kier molecular flexibility index (Phi) is 3.68.